The SMILES string of the molecule is COc1ncccc1-c1cnc2ccc(N3CCC(N(C)C(=O)N4CCCC4)C3)nn12. The molecule has 1 atom stereocenters. The number of hydrogen-bond acceptors (Lipinski definition) is 6. The maximum absolute atomic E-state index is 12.8. The molecule has 9 heteroatoms. The van der Waals surface area contributed by atoms with E-state index in [4.69, 9.17) is 9.84 Å². The molecule has 31 heavy (non-hydrogen) atoms. The number of rotatable bonds is 4. The van der Waals surface area contributed by atoms with Crippen LogP contribution in [0.4, 0.5) is 10.6 Å². The fourth-order valence-electron chi connectivity index (χ4n) is 4.52. The van der Waals surface area contributed by atoms with E-state index in [1.54, 1.807) is 19.5 Å². The summed E-state index contributed by atoms with van der Waals surface area (Å²) in [5.74, 6) is 1.42. The van der Waals surface area contributed by atoms with Crippen molar-refractivity contribution >= 4 is 17.5 Å². The Morgan fingerprint density at radius 1 is 1.16 bits per heavy atom. The van der Waals surface area contributed by atoms with Gasteiger partial charge >= 0.3 is 6.03 Å². The second kappa shape index (κ2) is 8.05. The molecule has 2 aliphatic rings. The van der Waals surface area contributed by atoms with E-state index in [1.165, 1.54) is 0 Å². The Kier molecular flexibility index (Phi) is 5.09. The van der Waals surface area contributed by atoms with E-state index in [0.717, 1.165) is 68.2 Å². The average molecular weight is 422 g/mol. The van der Waals surface area contributed by atoms with Crippen LogP contribution >= 0.6 is 0 Å². The summed E-state index contributed by atoms with van der Waals surface area (Å²) in [7, 11) is 3.53. The van der Waals surface area contributed by atoms with Gasteiger partial charge in [-0.05, 0) is 43.5 Å². The Bertz CT molecular complexity index is 1090. The molecule has 0 saturated carbocycles. The van der Waals surface area contributed by atoms with Gasteiger partial charge in [0, 0.05) is 39.4 Å². The second-order valence-electron chi connectivity index (χ2n) is 8.14. The van der Waals surface area contributed by atoms with E-state index in [1.807, 2.05) is 45.6 Å². The molecule has 2 amide bonds. The zero-order valence-electron chi connectivity index (χ0n) is 17.9. The van der Waals surface area contributed by atoms with Gasteiger partial charge in [-0.15, -0.1) is 5.10 Å². The average Bonchev–Trinajstić information content (AvgIpc) is 3.58. The van der Waals surface area contributed by atoms with Crippen LogP contribution in [0.3, 0.4) is 0 Å². The summed E-state index contributed by atoms with van der Waals surface area (Å²) in [6, 6.07) is 8.13. The topological polar surface area (TPSA) is 79.1 Å². The highest BCUT2D eigenvalue weighted by molar-refractivity contribution is 5.75. The summed E-state index contributed by atoms with van der Waals surface area (Å²) >= 11 is 0. The molecule has 3 aromatic rings. The van der Waals surface area contributed by atoms with E-state index >= 15 is 0 Å². The molecule has 5 heterocycles. The van der Waals surface area contributed by atoms with E-state index < -0.39 is 0 Å². The zero-order chi connectivity index (χ0) is 21.4. The summed E-state index contributed by atoms with van der Waals surface area (Å²) in [6.45, 7) is 3.38. The predicted octanol–water partition coefficient (Wildman–Crippen LogP) is 2.53. The third kappa shape index (κ3) is 3.54. The second-order valence-corrected chi connectivity index (χ2v) is 8.14. The Morgan fingerprint density at radius 3 is 2.81 bits per heavy atom. The molecule has 0 aromatic carbocycles. The summed E-state index contributed by atoms with van der Waals surface area (Å²) in [4.78, 5) is 27.7. The molecule has 2 aliphatic heterocycles. The number of amides is 2. The number of pyridine rings is 1. The smallest absolute Gasteiger partial charge is 0.320 e. The van der Waals surface area contributed by atoms with Crippen molar-refractivity contribution in [3.63, 3.8) is 0 Å². The Hall–Kier alpha value is -3.36. The first-order valence-electron chi connectivity index (χ1n) is 10.8. The number of likely N-dealkylation sites (N-methyl/N-ethyl adjacent to an activating group) is 1. The van der Waals surface area contributed by atoms with Crippen molar-refractivity contribution in [3.05, 3.63) is 36.7 Å². The fraction of sp³-hybridized carbons (Fsp3) is 0.455. The number of aromatic nitrogens is 4. The number of imidazole rings is 1. The van der Waals surface area contributed by atoms with Gasteiger partial charge in [-0.2, -0.15) is 0 Å². The highest BCUT2D eigenvalue weighted by atomic mass is 16.5. The van der Waals surface area contributed by atoms with Gasteiger partial charge in [0.2, 0.25) is 5.88 Å². The lowest BCUT2D eigenvalue weighted by molar-refractivity contribution is 0.159. The quantitative estimate of drug-likeness (QED) is 0.644. The number of ether oxygens (including phenoxy) is 1. The lowest BCUT2D eigenvalue weighted by atomic mass is 10.2. The van der Waals surface area contributed by atoms with Gasteiger partial charge in [0.1, 0.15) is 5.82 Å². The number of methoxy groups -OCH3 is 1. The van der Waals surface area contributed by atoms with Crippen LogP contribution in [0.5, 0.6) is 5.88 Å². The molecule has 0 N–H and O–H groups in total. The van der Waals surface area contributed by atoms with Crippen molar-refractivity contribution < 1.29 is 9.53 Å². The van der Waals surface area contributed by atoms with Crippen LogP contribution in [0, 0.1) is 0 Å². The van der Waals surface area contributed by atoms with E-state index in [0.29, 0.717) is 5.88 Å². The summed E-state index contributed by atoms with van der Waals surface area (Å²) in [6.07, 6.45) is 6.64. The number of urea groups is 1. The molecule has 3 aromatic heterocycles. The maximum Gasteiger partial charge on any atom is 0.320 e. The number of hydrogen-bond donors (Lipinski definition) is 0. The number of carbonyl (C=O) groups is 1. The minimum atomic E-state index is 0.147. The first-order chi connectivity index (χ1) is 15.2. The van der Waals surface area contributed by atoms with Crippen molar-refractivity contribution in [2.75, 3.05) is 45.2 Å². The van der Waals surface area contributed by atoms with Crippen LogP contribution in [-0.4, -0.2) is 81.8 Å². The summed E-state index contributed by atoms with van der Waals surface area (Å²) in [5, 5.41) is 4.87. The highest BCUT2D eigenvalue weighted by Gasteiger charge is 2.32. The van der Waals surface area contributed by atoms with Gasteiger partial charge in [-0.1, -0.05) is 0 Å². The van der Waals surface area contributed by atoms with Gasteiger partial charge in [0.25, 0.3) is 0 Å². The lowest BCUT2D eigenvalue weighted by Gasteiger charge is -2.29. The molecule has 0 aliphatic carbocycles. The molecule has 162 valence electrons. The largest absolute Gasteiger partial charge is 0.481 e. The van der Waals surface area contributed by atoms with Gasteiger partial charge in [-0.25, -0.2) is 19.3 Å². The van der Waals surface area contributed by atoms with Crippen molar-refractivity contribution in [2.24, 2.45) is 0 Å². The molecular formula is C22H27N7O2. The zero-order valence-corrected chi connectivity index (χ0v) is 17.9. The van der Waals surface area contributed by atoms with Crippen LogP contribution < -0.4 is 9.64 Å². The Morgan fingerprint density at radius 2 is 2.00 bits per heavy atom. The number of anilines is 1. The molecular weight excluding hydrogens is 394 g/mol. The molecule has 2 fully saturated rings. The summed E-state index contributed by atoms with van der Waals surface area (Å²) in [5.41, 5.74) is 2.44. The third-order valence-electron chi connectivity index (χ3n) is 6.30. The first-order valence-corrected chi connectivity index (χ1v) is 10.8. The van der Waals surface area contributed by atoms with Crippen molar-refractivity contribution in [1.29, 1.82) is 0 Å². The number of likely N-dealkylation sites (tertiary alicyclic amines) is 1. The van der Waals surface area contributed by atoms with Crippen LogP contribution in [0.2, 0.25) is 0 Å². The van der Waals surface area contributed by atoms with Crippen LogP contribution in [0.1, 0.15) is 19.3 Å². The molecule has 0 bridgehead atoms. The van der Waals surface area contributed by atoms with Crippen LogP contribution in [-0.2, 0) is 0 Å². The van der Waals surface area contributed by atoms with Gasteiger partial charge in [-0.3, -0.25) is 0 Å². The predicted molar refractivity (Wildman–Crippen MR) is 117 cm³/mol. The van der Waals surface area contributed by atoms with E-state index in [-0.39, 0.29) is 12.1 Å². The lowest BCUT2D eigenvalue weighted by Crippen LogP contribution is -2.46. The molecule has 5 rings (SSSR count). The van der Waals surface area contributed by atoms with Crippen LogP contribution in [0.15, 0.2) is 36.7 Å². The monoisotopic (exact) mass is 421 g/mol. The molecule has 2 saturated heterocycles. The molecule has 0 radical (unpaired) electrons. The van der Waals surface area contributed by atoms with Crippen molar-refractivity contribution in [2.45, 2.75) is 25.3 Å². The summed E-state index contributed by atoms with van der Waals surface area (Å²) < 4.78 is 7.26. The normalized spacial score (nSPS) is 18.7. The highest BCUT2D eigenvalue weighted by Crippen LogP contribution is 2.29. The number of nitrogens with zero attached hydrogens (tertiary/aromatic N) is 7. The molecule has 0 spiro atoms. The number of fused-ring (bicyclic) bond motifs is 1. The maximum atomic E-state index is 12.8. The van der Waals surface area contributed by atoms with Gasteiger partial charge in [0.05, 0.1) is 30.6 Å². The molecule has 9 nitrogen and oxygen atoms in total. The fourth-order valence-corrected chi connectivity index (χ4v) is 4.52. The Balaban J connectivity index is 1.38. The van der Waals surface area contributed by atoms with E-state index in [2.05, 4.69) is 14.9 Å². The van der Waals surface area contributed by atoms with Crippen LogP contribution in [0.25, 0.3) is 16.9 Å². The minimum absolute atomic E-state index is 0.147. The van der Waals surface area contributed by atoms with Gasteiger partial charge in [0.15, 0.2) is 5.65 Å². The minimum Gasteiger partial charge on any atom is -0.481 e. The van der Waals surface area contributed by atoms with Crippen molar-refractivity contribution in [1.82, 2.24) is 29.4 Å². The number of carbonyl (C=O) groups excluding carboxylic acids is 1. The standard InChI is InChI=1S/C22H27N7O2/c1-26(22(30)27-11-3-4-12-27)16-9-13-28(15-16)20-8-7-19-24-14-18(29(19)25-20)17-6-5-10-23-21(17)31-2/h5-8,10,14,16H,3-4,9,11-13,15H2,1-2H3. The van der Waals surface area contributed by atoms with Crippen molar-refractivity contribution in [3.8, 4) is 17.1 Å². The Labute approximate surface area is 181 Å². The van der Waals surface area contributed by atoms with Gasteiger partial charge < -0.3 is 19.4 Å². The third-order valence-corrected chi connectivity index (χ3v) is 6.30. The first kappa shape index (κ1) is 19.6. The molecule has 1 unspecified atom stereocenters. The van der Waals surface area contributed by atoms with E-state index in [9.17, 15) is 4.79 Å².